The zero-order valence-corrected chi connectivity index (χ0v) is 16.6. The van der Waals surface area contributed by atoms with Crippen molar-refractivity contribution >= 4 is 17.7 Å². The molecule has 0 saturated carbocycles. The van der Waals surface area contributed by atoms with Crippen LogP contribution >= 0.6 is 0 Å². The molecule has 8 nitrogen and oxygen atoms in total. The summed E-state index contributed by atoms with van der Waals surface area (Å²) in [5.74, 6) is 1.14. The molecule has 3 rings (SSSR count). The zero-order chi connectivity index (χ0) is 20.3. The van der Waals surface area contributed by atoms with E-state index in [4.69, 9.17) is 9.26 Å². The second-order valence-electron chi connectivity index (χ2n) is 6.76. The van der Waals surface area contributed by atoms with Crippen molar-refractivity contribution in [2.45, 2.75) is 19.8 Å². The third kappa shape index (κ3) is 4.11. The fourth-order valence-electron chi connectivity index (χ4n) is 2.56. The summed E-state index contributed by atoms with van der Waals surface area (Å²) in [6, 6.07) is 10.8. The maximum Gasteiger partial charge on any atom is 0.276 e. The Morgan fingerprint density at radius 3 is 2.61 bits per heavy atom. The Bertz CT molecular complexity index is 955. The molecule has 0 aliphatic rings. The van der Waals surface area contributed by atoms with Crippen molar-refractivity contribution < 1.29 is 14.1 Å². The smallest absolute Gasteiger partial charge is 0.276 e. The Morgan fingerprint density at radius 2 is 1.93 bits per heavy atom. The fourth-order valence-corrected chi connectivity index (χ4v) is 2.56. The highest BCUT2D eigenvalue weighted by atomic mass is 16.5. The van der Waals surface area contributed by atoms with Crippen LogP contribution in [0.4, 0.5) is 11.8 Å². The summed E-state index contributed by atoms with van der Waals surface area (Å²) < 4.78 is 10.6. The van der Waals surface area contributed by atoms with Crippen LogP contribution in [0.15, 0.2) is 40.9 Å². The summed E-state index contributed by atoms with van der Waals surface area (Å²) in [6.07, 6.45) is 0. The van der Waals surface area contributed by atoms with Gasteiger partial charge in [0.25, 0.3) is 5.91 Å². The minimum absolute atomic E-state index is 0.163. The third-order valence-electron chi connectivity index (χ3n) is 4.09. The summed E-state index contributed by atoms with van der Waals surface area (Å²) >= 11 is 0. The lowest BCUT2D eigenvalue weighted by Crippen LogP contribution is -2.19. The topological polar surface area (TPSA) is 93.4 Å². The second-order valence-corrected chi connectivity index (χ2v) is 6.76. The van der Waals surface area contributed by atoms with Gasteiger partial charge < -0.3 is 14.2 Å². The highest BCUT2D eigenvalue weighted by molar-refractivity contribution is 6.02. The highest BCUT2D eigenvalue weighted by Crippen LogP contribution is 2.30. The Kier molecular flexibility index (Phi) is 5.58. The number of nitrogens with one attached hydrogen (secondary N) is 1. The van der Waals surface area contributed by atoms with Crippen molar-refractivity contribution in [1.82, 2.24) is 15.1 Å². The molecule has 2 aromatic heterocycles. The number of aromatic nitrogens is 3. The van der Waals surface area contributed by atoms with Crippen molar-refractivity contribution in [3.63, 3.8) is 0 Å². The second kappa shape index (κ2) is 8.08. The van der Waals surface area contributed by atoms with E-state index in [2.05, 4.69) is 20.4 Å². The molecule has 8 heteroatoms. The van der Waals surface area contributed by atoms with Crippen LogP contribution in [0.5, 0.6) is 5.75 Å². The number of amides is 1. The van der Waals surface area contributed by atoms with Crippen molar-refractivity contribution in [2.24, 2.45) is 0 Å². The molecular formula is C20H23N5O3. The van der Waals surface area contributed by atoms with Crippen LogP contribution in [0.3, 0.4) is 0 Å². The monoisotopic (exact) mass is 381 g/mol. The fraction of sp³-hybridized carbons (Fsp3) is 0.300. The summed E-state index contributed by atoms with van der Waals surface area (Å²) in [7, 11) is 5.25. The molecule has 0 unspecified atom stereocenters. The van der Waals surface area contributed by atoms with Gasteiger partial charge in [0.05, 0.1) is 7.11 Å². The molecule has 0 bridgehead atoms. The van der Waals surface area contributed by atoms with Gasteiger partial charge in [0, 0.05) is 31.4 Å². The molecule has 0 aliphatic carbocycles. The molecule has 0 atom stereocenters. The number of hydrogen-bond acceptors (Lipinski definition) is 7. The summed E-state index contributed by atoms with van der Waals surface area (Å²) in [4.78, 5) is 23.3. The van der Waals surface area contributed by atoms with Gasteiger partial charge in [-0.2, -0.15) is 0 Å². The van der Waals surface area contributed by atoms with Crippen LogP contribution in [0.2, 0.25) is 0 Å². The third-order valence-corrected chi connectivity index (χ3v) is 4.09. The van der Waals surface area contributed by atoms with E-state index in [9.17, 15) is 4.79 Å². The molecule has 0 radical (unpaired) electrons. The maximum atomic E-state index is 12.7. The Labute approximate surface area is 163 Å². The van der Waals surface area contributed by atoms with E-state index in [1.165, 1.54) is 0 Å². The molecule has 1 N–H and O–H groups in total. The molecule has 0 saturated heterocycles. The number of hydrogen-bond donors (Lipinski definition) is 1. The number of ether oxygens (including phenoxy) is 1. The molecule has 2 heterocycles. The van der Waals surface area contributed by atoms with Crippen molar-refractivity contribution in [3.05, 3.63) is 47.8 Å². The molecule has 146 valence electrons. The first-order valence-corrected chi connectivity index (χ1v) is 8.86. The van der Waals surface area contributed by atoms with Gasteiger partial charge >= 0.3 is 0 Å². The van der Waals surface area contributed by atoms with E-state index in [0.717, 1.165) is 11.3 Å². The molecule has 0 aliphatic heterocycles. The SMILES string of the molecule is COc1ccccc1-c1cc(NC(=O)c2cc(C(C)C)nc(N(C)C)n2)on1. The van der Waals surface area contributed by atoms with E-state index >= 15 is 0 Å². The quantitative estimate of drug-likeness (QED) is 0.697. The van der Waals surface area contributed by atoms with Crippen LogP contribution in [-0.2, 0) is 0 Å². The average Bonchev–Trinajstić information content (AvgIpc) is 3.15. The van der Waals surface area contributed by atoms with E-state index in [-0.39, 0.29) is 17.5 Å². The molecule has 28 heavy (non-hydrogen) atoms. The van der Waals surface area contributed by atoms with Gasteiger partial charge in [-0.1, -0.05) is 31.1 Å². The predicted octanol–water partition coefficient (Wildman–Crippen LogP) is 3.58. The summed E-state index contributed by atoms with van der Waals surface area (Å²) in [6.45, 7) is 4.03. The number of methoxy groups -OCH3 is 1. The lowest BCUT2D eigenvalue weighted by atomic mass is 10.1. The maximum absolute atomic E-state index is 12.7. The largest absolute Gasteiger partial charge is 0.496 e. The van der Waals surface area contributed by atoms with Gasteiger partial charge in [-0.15, -0.1) is 0 Å². The van der Waals surface area contributed by atoms with E-state index < -0.39 is 5.91 Å². The van der Waals surface area contributed by atoms with Crippen LogP contribution in [0.25, 0.3) is 11.3 Å². The number of rotatable bonds is 6. The minimum Gasteiger partial charge on any atom is -0.496 e. The summed E-state index contributed by atoms with van der Waals surface area (Å²) in [5.41, 5.74) is 2.38. The van der Waals surface area contributed by atoms with Gasteiger partial charge in [0.15, 0.2) is 0 Å². The van der Waals surface area contributed by atoms with E-state index in [1.807, 2.05) is 52.2 Å². The molecule has 3 aromatic rings. The average molecular weight is 381 g/mol. The standard InChI is InChI=1S/C20H23N5O3/c1-12(2)14-10-16(22-20(21-14)25(3)4)19(26)23-18-11-15(24-28-18)13-8-6-7-9-17(13)27-5/h6-12H,1-5H3,(H,23,26). The normalized spacial score (nSPS) is 10.8. The van der Waals surface area contributed by atoms with Crippen LogP contribution in [0, 0.1) is 0 Å². The molecule has 1 aromatic carbocycles. The van der Waals surface area contributed by atoms with Crippen molar-refractivity contribution in [3.8, 4) is 17.0 Å². The van der Waals surface area contributed by atoms with Crippen LogP contribution in [-0.4, -0.2) is 42.2 Å². The molecule has 0 fully saturated rings. The van der Waals surface area contributed by atoms with E-state index in [1.54, 1.807) is 24.1 Å². The van der Waals surface area contributed by atoms with Crippen LogP contribution in [0.1, 0.15) is 35.9 Å². The lowest BCUT2D eigenvalue weighted by Gasteiger charge is -2.14. The molecular weight excluding hydrogens is 358 g/mol. The first-order chi connectivity index (χ1) is 13.4. The Balaban J connectivity index is 1.85. The molecule has 1 amide bonds. The number of carbonyl (C=O) groups excluding carboxylic acids is 1. The first kappa shape index (κ1) is 19.3. The number of benzene rings is 1. The summed E-state index contributed by atoms with van der Waals surface area (Å²) in [5, 5.41) is 6.72. The highest BCUT2D eigenvalue weighted by Gasteiger charge is 2.17. The van der Waals surface area contributed by atoms with E-state index in [0.29, 0.717) is 17.4 Å². The number of nitrogens with zero attached hydrogens (tertiary/aromatic N) is 4. The molecule has 0 spiro atoms. The first-order valence-electron chi connectivity index (χ1n) is 8.86. The van der Waals surface area contributed by atoms with Crippen molar-refractivity contribution in [2.75, 3.05) is 31.4 Å². The van der Waals surface area contributed by atoms with Gasteiger partial charge in [0.2, 0.25) is 11.8 Å². The Morgan fingerprint density at radius 1 is 1.18 bits per heavy atom. The van der Waals surface area contributed by atoms with Gasteiger partial charge in [-0.3, -0.25) is 10.1 Å². The predicted molar refractivity (Wildman–Crippen MR) is 107 cm³/mol. The zero-order valence-electron chi connectivity index (χ0n) is 16.6. The van der Waals surface area contributed by atoms with Gasteiger partial charge in [-0.25, -0.2) is 9.97 Å². The number of carbonyl (C=O) groups is 1. The minimum atomic E-state index is -0.393. The Hall–Kier alpha value is -3.42. The van der Waals surface area contributed by atoms with Gasteiger partial charge in [-0.05, 0) is 24.1 Å². The number of para-hydroxylation sites is 1. The van der Waals surface area contributed by atoms with Crippen LogP contribution < -0.4 is 15.0 Å². The van der Waals surface area contributed by atoms with Gasteiger partial charge in [0.1, 0.15) is 17.1 Å². The number of anilines is 2. The van der Waals surface area contributed by atoms with Crippen molar-refractivity contribution in [1.29, 1.82) is 0 Å². The lowest BCUT2D eigenvalue weighted by molar-refractivity contribution is 0.101.